The summed E-state index contributed by atoms with van der Waals surface area (Å²) in [5.41, 5.74) is 0.986. The van der Waals surface area contributed by atoms with Gasteiger partial charge in [-0.2, -0.15) is 0 Å². The van der Waals surface area contributed by atoms with E-state index >= 15 is 0 Å². The van der Waals surface area contributed by atoms with E-state index in [1.54, 1.807) is 18.3 Å². The first kappa shape index (κ1) is 14.3. The molecule has 1 aliphatic rings. The van der Waals surface area contributed by atoms with Gasteiger partial charge < -0.3 is 14.4 Å². The largest absolute Gasteiger partial charge is 0.360 e. The van der Waals surface area contributed by atoms with Crippen LogP contribution in [0.25, 0.3) is 0 Å². The van der Waals surface area contributed by atoms with Crippen molar-refractivity contribution in [3.8, 4) is 0 Å². The van der Waals surface area contributed by atoms with Gasteiger partial charge in [0, 0.05) is 30.5 Å². The standard InChI is InChI=1S/C13H18N4O3S/c1-14-7-11-6-13(9-17(11)10-2-3-10)21(18,19)16-8-12-4-5-15-20-12/h4-6,9-10,14,16H,2-3,7-8H2,1H3. The van der Waals surface area contributed by atoms with E-state index in [2.05, 4.69) is 19.8 Å². The summed E-state index contributed by atoms with van der Waals surface area (Å²) in [6, 6.07) is 3.79. The lowest BCUT2D eigenvalue weighted by molar-refractivity contribution is 0.380. The van der Waals surface area contributed by atoms with E-state index in [4.69, 9.17) is 4.52 Å². The topological polar surface area (TPSA) is 89.2 Å². The Balaban J connectivity index is 1.79. The number of aromatic nitrogens is 2. The number of nitrogens with zero attached hydrogens (tertiary/aromatic N) is 2. The fourth-order valence-corrected chi connectivity index (χ4v) is 3.28. The predicted molar refractivity (Wildman–Crippen MR) is 76.0 cm³/mol. The smallest absolute Gasteiger partial charge is 0.242 e. The summed E-state index contributed by atoms with van der Waals surface area (Å²) in [5, 5.41) is 6.61. The molecule has 0 unspecified atom stereocenters. The van der Waals surface area contributed by atoms with E-state index in [0.29, 0.717) is 23.2 Å². The van der Waals surface area contributed by atoms with Crippen molar-refractivity contribution in [2.24, 2.45) is 0 Å². The first-order chi connectivity index (χ1) is 10.1. The Morgan fingerprint density at radius 3 is 2.86 bits per heavy atom. The minimum absolute atomic E-state index is 0.0955. The molecule has 2 heterocycles. The molecule has 1 saturated carbocycles. The zero-order valence-corrected chi connectivity index (χ0v) is 12.6. The number of hydrogen-bond acceptors (Lipinski definition) is 5. The molecule has 0 amide bonds. The fourth-order valence-electron chi connectivity index (χ4n) is 2.24. The minimum Gasteiger partial charge on any atom is -0.360 e. The molecule has 2 aromatic heterocycles. The van der Waals surface area contributed by atoms with Crippen molar-refractivity contribution >= 4 is 10.0 Å². The molecule has 21 heavy (non-hydrogen) atoms. The molecule has 0 bridgehead atoms. The van der Waals surface area contributed by atoms with Crippen LogP contribution in [0, 0.1) is 0 Å². The van der Waals surface area contributed by atoms with Crippen LogP contribution in [0.1, 0.15) is 30.3 Å². The highest BCUT2D eigenvalue weighted by molar-refractivity contribution is 7.89. The summed E-state index contributed by atoms with van der Waals surface area (Å²) in [6.45, 7) is 0.742. The summed E-state index contributed by atoms with van der Waals surface area (Å²) in [6.07, 6.45) is 5.41. The lowest BCUT2D eigenvalue weighted by Crippen LogP contribution is -2.22. The Hall–Kier alpha value is -1.64. The Morgan fingerprint density at radius 2 is 2.24 bits per heavy atom. The molecule has 1 aliphatic carbocycles. The predicted octanol–water partition coefficient (Wildman–Crippen LogP) is 1.01. The molecule has 0 radical (unpaired) electrons. The highest BCUT2D eigenvalue weighted by Crippen LogP contribution is 2.37. The minimum atomic E-state index is -3.55. The summed E-state index contributed by atoms with van der Waals surface area (Å²) in [7, 11) is -1.70. The summed E-state index contributed by atoms with van der Waals surface area (Å²) in [4.78, 5) is 0.291. The van der Waals surface area contributed by atoms with Crippen molar-refractivity contribution in [2.45, 2.75) is 36.9 Å². The van der Waals surface area contributed by atoms with Gasteiger partial charge in [0.1, 0.15) is 0 Å². The molecule has 114 valence electrons. The molecule has 0 atom stereocenters. The van der Waals surface area contributed by atoms with E-state index in [9.17, 15) is 8.42 Å². The van der Waals surface area contributed by atoms with E-state index in [0.717, 1.165) is 18.5 Å². The second-order valence-corrected chi connectivity index (χ2v) is 6.91. The first-order valence-electron chi connectivity index (χ1n) is 6.85. The van der Waals surface area contributed by atoms with Crippen LogP contribution < -0.4 is 10.0 Å². The van der Waals surface area contributed by atoms with Gasteiger partial charge in [0.05, 0.1) is 17.6 Å². The highest BCUT2D eigenvalue weighted by Gasteiger charge is 2.28. The van der Waals surface area contributed by atoms with E-state index in [-0.39, 0.29) is 6.54 Å². The maximum Gasteiger partial charge on any atom is 0.242 e. The molecule has 1 fully saturated rings. The molecule has 2 N–H and O–H groups in total. The molecule has 0 spiro atoms. The summed E-state index contributed by atoms with van der Waals surface area (Å²) >= 11 is 0. The molecule has 7 nitrogen and oxygen atoms in total. The maximum absolute atomic E-state index is 12.3. The average Bonchev–Trinajstić information content (AvgIpc) is 3.00. The zero-order chi connectivity index (χ0) is 14.9. The zero-order valence-electron chi connectivity index (χ0n) is 11.7. The maximum atomic E-state index is 12.3. The molecule has 3 rings (SSSR count). The third kappa shape index (κ3) is 3.17. The molecule has 2 aromatic rings. The third-order valence-electron chi connectivity index (χ3n) is 3.44. The molecular weight excluding hydrogens is 292 g/mol. The summed E-state index contributed by atoms with van der Waals surface area (Å²) in [5.74, 6) is 0.482. The monoisotopic (exact) mass is 310 g/mol. The van der Waals surface area contributed by atoms with Gasteiger partial charge in [-0.25, -0.2) is 13.1 Å². The van der Waals surface area contributed by atoms with Crippen molar-refractivity contribution in [3.63, 3.8) is 0 Å². The summed E-state index contributed by atoms with van der Waals surface area (Å²) < 4.78 is 34.1. The van der Waals surface area contributed by atoms with Crippen LogP contribution in [0.2, 0.25) is 0 Å². The van der Waals surface area contributed by atoms with E-state index < -0.39 is 10.0 Å². The van der Waals surface area contributed by atoms with Crippen LogP contribution in [-0.2, 0) is 23.1 Å². The van der Waals surface area contributed by atoms with Crippen molar-refractivity contribution < 1.29 is 12.9 Å². The number of sulfonamides is 1. The molecule has 0 saturated heterocycles. The van der Waals surface area contributed by atoms with Crippen molar-refractivity contribution in [1.29, 1.82) is 0 Å². The van der Waals surface area contributed by atoms with Gasteiger partial charge in [0.15, 0.2) is 5.76 Å². The SMILES string of the molecule is CNCc1cc(S(=O)(=O)NCc2ccno2)cn1C1CC1. The lowest BCUT2D eigenvalue weighted by atomic mass is 10.4. The normalized spacial score (nSPS) is 15.5. The molecular formula is C13H18N4O3S. The molecule has 8 heteroatoms. The quantitative estimate of drug-likeness (QED) is 0.796. The van der Waals surface area contributed by atoms with Gasteiger partial charge in [0.2, 0.25) is 10.0 Å². The van der Waals surface area contributed by atoms with Crippen LogP contribution in [0.15, 0.2) is 33.9 Å². The Morgan fingerprint density at radius 1 is 1.43 bits per heavy atom. The van der Waals surface area contributed by atoms with Gasteiger partial charge in [-0.1, -0.05) is 5.16 Å². The van der Waals surface area contributed by atoms with Gasteiger partial charge in [-0.15, -0.1) is 0 Å². The van der Waals surface area contributed by atoms with E-state index in [1.165, 1.54) is 6.20 Å². The van der Waals surface area contributed by atoms with Gasteiger partial charge in [0.25, 0.3) is 0 Å². The van der Waals surface area contributed by atoms with Gasteiger partial charge in [-0.05, 0) is 26.0 Å². The van der Waals surface area contributed by atoms with Crippen molar-refractivity contribution in [3.05, 3.63) is 36.0 Å². The first-order valence-corrected chi connectivity index (χ1v) is 8.33. The van der Waals surface area contributed by atoms with Gasteiger partial charge in [-0.3, -0.25) is 0 Å². The second kappa shape index (κ2) is 5.63. The van der Waals surface area contributed by atoms with Gasteiger partial charge >= 0.3 is 0 Å². The van der Waals surface area contributed by atoms with Crippen molar-refractivity contribution in [2.75, 3.05) is 7.05 Å². The average molecular weight is 310 g/mol. The second-order valence-electron chi connectivity index (χ2n) is 5.14. The van der Waals surface area contributed by atoms with Crippen LogP contribution >= 0.6 is 0 Å². The number of nitrogens with one attached hydrogen (secondary N) is 2. The lowest BCUT2D eigenvalue weighted by Gasteiger charge is -2.05. The Kier molecular flexibility index (Phi) is 3.83. The Labute approximate surface area is 123 Å². The van der Waals surface area contributed by atoms with Crippen LogP contribution in [0.3, 0.4) is 0 Å². The van der Waals surface area contributed by atoms with Crippen LogP contribution in [0.5, 0.6) is 0 Å². The third-order valence-corrected chi connectivity index (χ3v) is 4.81. The van der Waals surface area contributed by atoms with Crippen LogP contribution in [-0.4, -0.2) is 25.2 Å². The number of rotatable bonds is 7. The highest BCUT2D eigenvalue weighted by atomic mass is 32.2. The number of hydrogen-bond donors (Lipinski definition) is 2. The molecule has 0 aliphatic heterocycles. The van der Waals surface area contributed by atoms with E-state index in [1.807, 2.05) is 7.05 Å². The van der Waals surface area contributed by atoms with Crippen LogP contribution in [0.4, 0.5) is 0 Å². The molecule has 0 aromatic carbocycles. The van der Waals surface area contributed by atoms with Crippen molar-refractivity contribution in [1.82, 2.24) is 19.8 Å². The fraction of sp³-hybridized carbons (Fsp3) is 0.462. The Bertz CT molecular complexity index is 702.